The topological polar surface area (TPSA) is 66.2 Å². The number of hydrogen-bond donors (Lipinski definition) is 2. The Balaban J connectivity index is 2.09. The Morgan fingerprint density at radius 3 is 2.75 bits per heavy atom. The second kappa shape index (κ2) is 5.20. The Labute approximate surface area is 130 Å². The van der Waals surface area contributed by atoms with E-state index in [1.54, 1.807) is 18.2 Å². The van der Waals surface area contributed by atoms with Gasteiger partial charge < -0.3 is 9.52 Å². The smallest absolute Gasteiger partial charge is 0.408 e. The summed E-state index contributed by atoms with van der Waals surface area (Å²) in [5.41, 5.74) is 2.42. The molecule has 0 bridgehead atoms. The van der Waals surface area contributed by atoms with Gasteiger partial charge in [0.15, 0.2) is 5.58 Å². The molecule has 1 atom stereocenters. The summed E-state index contributed by atoms with van der Waals surface area (Å²) in [6, 6.07) is 10.7. The molecule has 0 aliphatic heterocycles. The van der Waals surface area contributed by atoms with Gasteiger partial charge in [-0.1, -0.05) is 37.9 Å². The van der Waals surface area contributed by atoms with E-state index in [1.165, 1.54) is 0 Å². The number of H-pyrrole nitrogens is 1. The number of aliphatic hydroxyl groups excluding tert-OH is 1. The maximum Gasteiger partial charge on any atom is 0.417 e. The van der Waals surface area contributed by atoms with Crippen molar-refractivity contribution in [2.24, 2.45) is 0 Å². The molecule has 0 spiro atoms. The van der Waals surface area contributed by atoms with Crippen molar-refractivity contribution in [2.45, 2.75) is 6.10 Å². The molecule has 0 aliphatic rings. The van der Waals surface area contributed by atoms with E-state index in [0.717, 1.165) is 14.5 Å². The van der Waals surface area contributed by atoms with Crippen molar-refractivity contribution in [3.63, 3.8) is 0 Å². The lowest BCUT2D eigenvalue weighted by Crippen LogP contribution is -2.00. The van der Waals surface area contributed by atoms with Crippen molar-refractivity contribution in [2.75, 3.05) is 0 Å². The molecule has 0 fully saturated rings. The number of nitrogens with one attached hydrogen (secondary N) is 1. The summed E-state index contributed by atoms with van der Waals surface area (Å²) in [4.78, 5) is 13.7. The standard InChI is InChI=1S/C14H9Br2NO3/c15-8-2-3-10(16)9(6-8)13(18)7-1-4-11-12(5-7)20-14(19)17-11/h1-6,13,18H,(H,17,19). The lowest BCUT2D eigenvalue weighted by atomic mass is 10.0. The van der Waals surface area contributed by atoms with E-state index in [4.69, 9.17) is 4.42 Å². The molecule has 0 saturated heterocycles. The molecular weight excluding hydrogens is 390 g/mol. The van der Waals surface area contributed by atoms with Gasteiger partial charge in [-0.25, -0.2) is 4.79 Å². The first-order valence-corrected chi connectivity index (χ1v) is 7.39. The highest BCUT2D eigenvalue weighted by molar-refractivity contribution is 9.11. The van der Waals surface area contributed by atoms with Crippen LogP contribution in [0.3, 0.4) is 0 Å². The van der Waals surface area contributed by atoms with Gasteiger partial charge in [0, 0.05) is 14.5 Å². The Bertz CT molecular complexity index is 838. The molecule has 4 nitrogen and oxygen atoms in total. The van der Waals surface area contributed by atoms with Crippen molar-refractivity contribution >= 4 is 43.0 Å². The summed E-state index contributed by atoms with van der Waals surface area (Å²) >= 11 is 6.81. The monoisotopic (exact) mass is 397 g/mol. The number of hydrogen-bond acceptors (Lipinski definition) is 3. The maximum absolute atomic E-state index is 11.1. The molecular formula is C14H9Br2NO3. The SMILES string of the molecule is O=c1[nH]c2ccc(C(O)c3cc(Br)ccc3Br)cc2o1. The van der Waals surface area contributed by atoms with Gasteiger partial charge in [0.2, 0.25) is 0 Å². The van der Waals surface area contributed by atoms with Crippen LogP contribution in [0.15, 0.2) is 54.6 Å². The summed E-state index contributed by atoms with van der Waals surface area (Å²) in [7, 11) is 0. The largest absolute Gasteiger partial charge is 0.417 e. The maximum atomic E-state index is 11.1. The minimum atomic E-state index is -0.813. The molecule has 0 amide bonds. The van der Waals surface area contributed by atoms with Crippen LogP contribution in [0.5, 0.6) is 0 Å². The number of halogens is 2. The highest BCUT2D eigenvalue weighted by atomic mass is 79.9. The van der Waals surface area contributed by atoms with Gasteiger partial charge in [-0.3, -0.25) is 4.98 Å². The fraction of sp³-hybridized carbons (Fsp3) is 0.0714. The van der Waals surface area contributed by atoms with E-state index in [0.29, 0.717) is 16.7 Å². The molecule has 1 heterocycles. The Kier molecular flexibility index (Phi) is 3.54. The van der Waals surface area contributed by atoms with Crippen molar-refractivity contribution in [3.05, 3.63) is 67.0 Å². The van der Waals surface area contributed by atoms with Crippen LogP contribution in [-0.4, -0.2) is 10.1 Å². The predicted molar refractivity (Wildman–Crippen MR) is 82.7 cm³/mol. The van der Waals surface area contributed by atoms with Crippen molar-refractivity contribution in [3.8, 4) is 0 Å². The molecule has 2 N–H and O–H groups in total. The van der Waals surface area contributed by atoms with Crippen molar-refractivity contribution in [1.82, 2.24) is 4.98 Å². The van der Waals surface area contributed by atoms with Crippen LogP contribution in [0.25, 0.3) is 11.1 Å². The van der Waals surface area contributed by atoms with Crippen LogP contribution in [0.2, 0.25) is 0 Å². The van der Waals surface area contributed by atoms with E-state index in [1.807, 2.05) is 18.2 Å². The van der Waals surface area contributed by atoms with Crippen molar-refractivity contribution < 1.29 is 9.52 Å². The third-order valence-corrected chi connectivity index (χ3v) is 4.23. The van der Waals surface area contributed by atoms with Gasteiger partial charge in [-0.05, 0) is 35.9 Å². The Morgan fingerprint density at radius 2 is 1.95 bits per heavy atom. The molecule has 0 saturated carbocycles. The highest BCUT2D eigenvalue weighted by Gasteiger charge is 2.15. The van der Waals surface area contributed by atoms with E-state index in [-0.39, 0.29) is 0 Å². The number of rotatable bonds is 2. The highest BCUT2D eigenvalue weighted by Crippen LogP contribution is 2.31. The number of oxazole rings is 1. The lowest BCUT2D eigenvalue weighted by molar-refractivity contribution is 0.219. The molecule has 1 aromatic heterocycles. The third-order valence-electron chi connectivity index (χ3n) is 3.01. The number of fused-ring (bicyclic) bond motifs is 1. The quantitative estimate of drug-likeness (QED) is 0.691. The predicted octanol–water partition coefficient (Wildman–Crippen LogP) is 3.73. The van der Waals surface area contributed by atoms with Crippen LogP contribution < -0.4 is 5.76 Å². The van der Waals surface area contributed by atoms with Gasteiger partial charge in [0.25, 0.3) is 0 Å². The molecule has 0 radical (unpaired) electrons. The third kappa shape index (κ3) is 2.46. The van der Waals surface area contributed by atoms with Crippen LogP contribution in [0.1, 0.15) is 17.2 Å². The van der Waals surface area contributed by atoms with Crippen LogP contribution in [0.4, 0.5) is 0 Å². The average molecular weight is 399 g/mol. The number of aromatic nitrogens is 1. The summed E-state index contributed by atoms with van der Waals surface area (Å²) in [6.45, 7) is 0. The summed E-state index contributed by atoms with van der Waals surface area (Å²) in [5, 5.41) is 10.5. The minimum Gasteiger partial charge on any atom is -0.408 e. The first-order valence-electron chi connectivity index (χ1n) is 5.80. The molecule has 1 unspecified atom stereocenters. The van der Waals surface area contributed by atoms with Gasteiger partial charge >= 0.3 is 5.76 Å². The number of aromatic amines is 1. The first-order chi connectivity index (χ1) is 9.54. The second-order valence-electron chi connectivity index (χ2n) is 4.34. The van der Waals surface area contributed by atoms with Crippen LogP contribution >= 0.6 is 31.9 Å². The summed E-state index contributed by atoms with van der Waals surface area (Å²) < 4.78 is 6.69. The molecule has 20 heavy (non-hydrogen) atoms. The zero-order valence-electron chi connectivity index (χ0n) is 10.1. The molecule has 2 aromatic carbocycles. The van der Waals surface area contributed by atoms with Crippen LogP contribution in [0, 0.1) is 0 Å². The van der Waals surface area contributed by atoms with Gasteiger partial charge in [-0.2, -0.15) is 0 Å². The number of aliphatic hydroxyl groups is 1. The molecule has 6 heteroatoms. The number of benzene rings is 2. The first kappa shape index (κ1) is 13.6. The summed E-state index contributed by atoms with van der Waals surface area (Å²) in [5.74, 6) is -0.504. The molecule has 3 aromatic rings. The zero-order chi connectivity index (χ0) is 14.3. The fourth-order valence-electron chi connectivity index (χ4n) is 2.04. The van der Waals surface area contributed by atoms with Crippen LogP contribution in [-0.2, 0) is 0 Å². The minimum absolute atomic E-state index is 0.428. The van der Waals surface area contributed by atoms with Gasteiger partial charge in [0.1, 0.15) is 6.10 Å². The molecule has 3 rings (SSSR count). The second-order valence-corrected chi connectivity index (χ2v) is 6.11. The average Bonchev–Trinajstić information content (AvgIpc) is 2.79. The molecule has 0 aliphatic carbocycles. The van der Waals surface area contributed by atoms with Gasteiger partial charge in [-0.15, -0.1) is 0 Å². The van der Waals surface area contributed by atoms with E-state index in [9.17, 15) is 9.90 Å². The van der Waals surface area contributed by atoms with E-state index in [2.05, 4.69) is 36.8 Å². The van der Waals surface area contributed by atoms with E-state index >= 15 is 0 Å². The Morgan fingerprint density at radius 1 is 1.15 bits per heavy atom. The van der Waals surface area contributed by atoms with Crippen molar-refractivity contribution in [1.29, 1.82) is 0 Å². The zero-order valence-corrected chi connectivity index (χ0v) is 13.2. The van der Waals surface area contributed by atoms with Gasteiger partial charge in [0.05, 0.1) is 5.52 Å². The lowest BCUT2D eigenvalue weighted by Gasteiger charge is -2.13. The summed E-state index contributed by atoms with van der Waals surface area (Å²) in [6.07, 6.45) is -0.813. The normalized spacial score (nSPS) is 12.8. The Hall–Kier alpha value is -1.37. The fourth-order valence-corrected chi connectivity index (χ4v) is 2.88. The van der Waals surface area contributed by atoms with E-state index < -0.39 is 11.9 Å². The molecule has 102 valence electrons.